The highest BCUT2D eigenvalue weighted by Gasteiger charge is 2.46. The zero-order valence-electron chi connectivity index (χ0n) is 12.4. The van der Waals surface area contributed by atoms with Gasteiger partial charge in [0, 0.05) is 11.2 Å². The minimum atomic E-state index is -0.917. The highest BCUT2D eigenvalue weighted by molar-refractivity contribution is 5.84. The monoisotopic (exact) mass is 261 g/mol. The number of hydrogen-bond acceptors (Lipinski definition) is 2. The fourth-order valence-corrected chi connectivity index (χ4v) is 3.54. The van der Waals surface area contributed by atoms with Crippen molar-refractivity contribution in [2.75, 3.05) is 4.90 Å². The summed E-state index contributed by atoms with van der Waals surface area (Å²) in [5.74, 6) is -0.336. The number of carboxylic acid groups (broad SMARTS) is 1. The van der Waals surface area contributed by atoms with Crippen LogP contribution in [0, 0.1) is 0 Å². The van der Waals surface area contributed by atoms with Crippen molar-refractivity contribution in [2.24, 2.45) is 0 Å². The molecule has 0 unspecified atom stereocenters. The summed E-state index contributed by atoms with van der Waals surface area (Å²) in [4.78, 5) is 13.7. The van der Waals surface area contributed by atoms with E-state index in [0.29, 0.717) is 5.92 Å². The molecule has 1 aliphatic rings. The lowest BCUT2D eigenvalue weighted by Gasteiger charge is -2.53. The molecule has 1 aromatic carbocycles. The number of hydrogen-bond donors (Lipinski definition) is 1. The number of benzene rings is 1. The number of nitrogens with zero attached hydrogens (tertiary/aromatic N) is 1. The first-order chi connectivity index (χ1) is 8.68. The van der Waals surface area contributed by atoms with Gasteiger partial charge in [-0.2, -0.15) is 0 Å². The van der Waals surface area contributed by atoms with Gasteiger partial charge in [-0.3, -0.25) is 0 Å². The van der Waals surface area contributed by atoms with Gasteiger partial charge in [0.1, 0.15) is 5.54 Å². The Morgan fingerprint density at radius 2 is 1.95 bits per heavy atom. The zero-order chi connectivity index (χ0) is 14.4. The first-order valence-corrected chi connectivity index (χ1v) is 6.80. The van der Waals surface area contributed by atoms with Crippen LogP contribution in [0.15, 0.2) is 24.3 Å². The number of carboxylic acids is 1. The van der Waals surface area contributed by atoms with Crippen molar-refractivity contribution in [3.8, 4) is 0 Å². The molecule has 0 spiro atoms. The van der Waals surface area contributed by atoms with Crippen molar-refractivity contribution in [1.82, 2.24) is 0 Å². The largest absolute Gasteiger partial charge is 0.480 e. The van der Waals surface area contributed by atoms with Gasteiger partial charge in [-0.25, -0.2) is 4.79 Å². The average molecular weight is 261 g/mol. The lowest BCUT2D eigenvalue weighted by molar-refractivity contribution is -0.142. The summed E-state index contributed by atoms with van der Waals surface area (Å²) in [5, 5.41) is 9.58. The lowest BCUT2D eigenvalue weighted by atomic mass is 9.77. The molecule has 0 amide bonds. The quantitative estimate of drug-likeness (QED) is 0.883. The number of para-hydroxylation sites is 1. The molecule has 104 valence electrons. The molecule has 1 heterocycles. The Morgan fingerprint density at radius 3 is 2.53 bits per heavy atom. The van der Waals surface area contributed by atoms with Crippen molar-refractivity contribution in [3.63, 3.8) is 0 Å². The molecule has 0 bridgehead atoms. The smallest absolute Gasteiger partial charge is 0.328 e. The van der Waals surface area contributed by atoms with Crippen LogP contribution in [0.25, 0.3) is 0 Å². The number of fused-ring (bicyclic) bond motifs is 1. The van der Waals surface area contributed by atoms with Gasteiger partial charge in [-0.1, -0.05) is 25.1 Å². The van der Waals surface area contributed by atoms with Gasteiger partial charge in [-0.15, -0.1) is 0 Å². The predicted molar refractivity (Wildman–Crippen MR) is 77.7 cm³/mol. The molecule has 0 aromatic heterocycles. The minimum Gasteiger partial charge on any atom is -0.480 e. The van der Waals surface area contributed by atoms with Crippen LogP contribution < -0.4 is 4.90 Å². The molecule has 19 heavy (non-hydrogen) atoms. The maximum Gasteiger partial charge on any atom is 0.328 e. The van der Waals surface area contributed by atoms with Crippen molar-refractivity contribution in [1.29, 1.82) is 0 Å². The Labute approximate surface area is 115 Å². The van der Waals surface area contributed by atoms with Crippen LogP contribution in [-0.2, 0) is 4.79 Å². The number of aliphatic carboxylic acids is 1. The maximum atomic E-state index is 11.7. The lowest BCUT2D eigenvalue weighted by Crippen LogP contribution is -2.61. The molecule has 0 saturated heterocycles. The summed E-state index contributed by atoms with van der Waals surface area (Å²) in [5.41, 5.74) is 1.21. The second-order valence-corrected chi connectivity index (χ2v) is 6.68. The highest BCUT2D eigenvalue weighted by Crippen LogP contribution is 2.46. The first-order valence-electron chi connectivity index (χ1n) is 6.80. The molecule has 0 radical (unpaired) electrons. The Bertz CT molecular complexity index is 505. The Hall–Kier alpha value is -1.51. The predicted octanol–water partition coefficient (Wildman–Crippen LogP) is 3.64. The number of carbonyl (C=O) groups is 1. The number of anilines is 1. The van der Waals surface area contributed by atoms with Crippen molar-refractivity contribution in [3.05, 3.63) is 29.8 Å². The summed E-state index contributed by atoms with van der Waals surface area (Å²) < 4.78 is 0. The van der Waals surface area contributed by atoms with Crippen LogP contribution in [-0.4, -0.2) is 22.2 Å². The van der Waals surface area contributed by atoms with E-state index >= 15 is 0 Å². The standard InChI is InChI=1S/C16H23NO2/c1-11-10-15(2,3)17(16(4,5)14(18)19)13-9-7-6-8-12(11)13/h6-9,11H,10H2,1-5H3,(H,18,19)/t11-/m1/s1. The normalized spacial score (nSPS) is 21.9. The van der Waals surface area contributed by atoms with Crippen molar-refractivity contribution >= 4 is 11.7 Å². The van der Waals surface area contributed by atoms with E-state index in [9.17, 15) is 9.90 Å². The van der Waals surface area contributed by atoms with Gasteiger partial charge in [0.15, 0.2) is 0 Å². The van der Waals surface area contributed by atoms with Gasteiger partial charge in [0.05, 0.1) is 0 Å². The average Bonchev–Trinajstić information content (AvgIpc) is 2.27. The van der Waals surface area contributed by atoms with Crippen molar-refractivity contribution in [2.45, 2.75) is 58.0 Å². The first kappa shape index (κ1) is 13.9. The molecule has 0 aliphatic carbocycles. The third-order valence-corrected chi connectivity index (χ3v) is 4.20. The van der Waals surface area contributed by atoms with E-state index in [4.69, 9.17) is 0 Å². The third kappa shape index (κ3) is 2.11. The molecule has 1 atom stereocenters. The van der Waals surface area contributed by atoms with E-state index in [1.54, 1.807) is 13.8 Å². The fourth-order valence-electron chi connectivity index (χ4n) is 3.54. The molecule has 1 aromatic rings. The van der Waals surface area contributed by atoms with Crippen LogP contribution in [0.4, 0.5) is 5.69 Å². The molecular formula is C16H23NO2. The zero-order valence-corrected chi connectivity index (χ0v) is 12.4. The van der Waals surface area contributed by atoms with Gasteiger partial charge < -0.3 is 10.0 Å². The molecule has 3 heteroatoms. The van der Waals surface area contributed by atoms with E-state index in [0.717, 1.165) is 12.1 Å². The van der Waals surface area contributed by atoms with E-state index in [1.165, 1.54) is 5.56 Å². The number of rotatable bonds is 2. The highest BCUT2D eigenvalue weighted by atomic mass is 16.4. The SMILES string of the molecule is C[C@@H]1CC(C)(C)N(C(C)(C)C(=O)O)c2ccccc21. The van der Waals surface area contributed by atoms with Crippen LogP contribution in [0.3, 0.4) is 0 Å². The molecule has 3 nitrogen and oxygen atoms in total. The van der Waals surface area contributed by atoms with Crippen LogP contribution in [0.5, 0.6) is 0 Å². The third-order valence-electron chi connectivity index (χ3n) is 4.20. The summed E-state index contributed by atoms with van der Waals surface area (Å²) >= 11 is 0. The van der Waals surface area contributed by atoms with Gasteiger partial charge in [0.2, 0.25) is 0 Å². The van der Waals surface area contributed by atoms with Gasteiger partial charge in [0.25, 0.3) is 0 Å². The Morgan fingerprint density at radius 1 is 1.37 bits per heavy atom. The van der Waals surface area contributed by atoms with E-state index in [1.807, 2.05) is 18.2 Å². The van der Waals surface area contributed by atoms with Crippen LogP contribution in [0.1, 0.15) is 52.5 Å². The van der Waals surface area contributed by atoms with Gasteiger partial charge in [-0.05, 0) is 51.7 Å². The molecule has 1 aliphatic heterocycles. The Kier molecular flexibility index (Phi) is 3.12. The Balaban J connectivity index is 2.64. The van der Waals surface area contributed by atoms with Gasteiger partial charge >= 0.3 is 5.97 Å². The maximum absolute atomic E-state index is 11.7. The summed E-state index contributed by atoms with van der Waals surface area (Å²) in [6.45, 7) is 10.0. The molecule has 0 fully saturated rings. The molecule has 1 N–H and O–H groups in total. The fraction of sp³-hybridized carbons (Fsp3) is 0.562. The van der Waals surface area contributed by atoms with Crippen LogP contribution >= 0.6 is 0 Å². The van der Waals surface area contributed by atoms with Crippen LogP contribution in [0.2, 0.25) is 0 Å². The summed E-state index contributed by atoms with van der Waals surface area (Å²) in [6.07, 6.45) is 0.959. The van der Waals surface area contributed by atoms with Crippen molar-refractivity contribution < 1.29 is 9.90 Å². The molecule has 0 saturated carbocycles. The second-order valence-electron chi connectivity index (χ2n) is 6.68. The minimum absolute atomic E-state index is 0.171. The molecular weight excluding hydrogens is 238 g/mol. The topological polar surface area (TPSA) is 40.5 Å². The summed E-state index contributed by atoms with van der Waals surface area (Å²) in [7, 11) is 0. The van der Waals surface area contributed by atoms with E-state index < -0.39 is 11.5 Å². The second kappa shape index (κ2) is 4.26. The molecule has 2 rings (SSSR count). The van der Waals surface area contributed by atoms with E-state index in [2.05, 4.69) is 31.7 Å². The summed E-state index contributed by atoms with van der Waals surface area (Å²) in [6, 6.07) is 8.16. The van der Waals surface area contributed by atoms with E-state index in [-0.39, 0.29) is 5.54 Å².